The van der Waals surface area contributed by atoms with Gasteiger partial charge in [-0.05, 0) is 30.5 Å². The van der Waals surface area contributed by atoms with Gasteiger partial charge in [-0.3, -0.25) is 9.48 Å². The van der Waals surface area contributed by atoms with Gasteiger partial charge in [-0.15, -0.1) is 0 Å². The second-order valence-corrected chi connectivity index (χ2v) is 5.00. The summed E-state index contributed by atoms with van der Waals surface area (Å²) in [5.74, 6) is 0.181. The molecule has 0 aliphatic heterocycles. The molecule has 0 atom stereocenters. The number of nitrogens with zero attached hydrogens (tertiary/aromatic N) is 2. The minimum absolute atomic E-state index is 0.234. The molecule has 2 rings (SSSR count). The summed E-state index contributed by atoms with van der Waals surface area (Å²) in [6.45, 7) is 6.75. The van der Waals surface area contributed by atoms with Crippen LogP contribution in [-0.2, 0) is 6.54 Å². The van der Waals surface area contributed by atoms with Gasteiger partial charge in [0.25, 0.3) is 5.91 Å². The molecule has 0 fully saturated rings. The van der Waals surface area contributed by atoms with Crippen molar-refractivity contribution in [2.24, 2.45) is 0 Å². The number of carbonyl (C=O) groups excluding carboxylic acids is 1. The third-order valence-corrected chi connectivity index (χ3v) is 3.19. The van der Waals surface area contributed by atoms with Crippen LogP contribution < -0.4 is 11.1 Å². The number of aryl methyl sites for hydroxylation is 1. The first-order valence-corrected chi connectivity index (χ1v) is 6.75. The van der Waals surface area contributed by atoms with Gasteiger partial charge >= 0.3 is 0 Å². The molecule has 0 saturated carbocycles. The molecule has 1 aromatic heterocycles. The van der Waals surface area contributed by atoms with Gasteiger partial charge in [0.2, 0.25) is 0 Å². The van der Waals surface area contributed by atoms with E-state index in [-0.39, 0.29) is 5.91 Å². The lowest BCUT2D eigenvalue weighted by Crippen LogP contribution is -2.18. The van der Waals surface area contributed by atoms with Crippen molar-refractivity contribution in [1.29, 1.82) is 0 Å². The fraction of sp³-hybridized carbons (Fsp3) is 0.333. The lowest BCUT2D eigenvalue weighted by atomic mass is 10.0. The molecule has 0 unspecified atom stereocenters. The van der Waals surface area contributed by atoms with Gasteiger partial charge < -0.3 is 11.1 Å². The van der Waals surface area contributed by atoms with Crippen molar-refractivity contribution in [2.75, 3.05) is 11.1 Å². The molecule has 3 N–H and O–H groups in total. The average Bonchev–Trinajstić information content (AvgIpc) is 2.80. The second-order valence-electron chi connectivity index (χ2n) is 5.00. The second kappa shape index (κ2) is 5.77. The lowest BCUT2D eigenvalue weighted by Gasteiger charge is -2.10. The van der Waals surface area contributed by atoms with Crippen LogP contribution in [0.25, 0.3) is 0 Å². The van der Waals surface area contributed by atoms with Crippen LogP contribution in [0.5, 0.6) is 0 Å². The number of rotatable bonds is 4. The predicted octanol–water partition coefficient (Wildman–Crippen LogP) is 2.86. The molecule has 0 aliphatic rings. The Balaban J connectivity index is 2.23. The Hall–Kier alpha value is -2.30. The Bertz CT molecular complexity index is 616. The van der Waals surface area contributed by atoms with Gasteiger partial charge in [0, 0.05) is 12.2 Å². The van der Waals surface area contributed by atoms with Crippen molar-refractivity contribution >= 4 is 17.3 Å². The van der Waals surface area contributed by atoms with Crippen LogP contribution in [-0.4, -0.2) is 15.7 Å². The van der Waals surface area contributed by atoms with E-state index in [9.17, 15) is 4.79 Å². The number of nitrogen functional groups attached to an aromatic ring is 1. The number of aromatic nitrogens is 2. The highest BCUT2D eigenvalue weighted by Gasteiger charge is 2.16. The van der Waals surface area contributed by atoms with Gasteiger partial charge in [-0.25, -0.2) is 0 Å². The fourth-order valence-corrected chi connectivity index (χ4v) is 2.05. The highest BCUT2D eigenvalue weighted by Crippen LogP contribution is 2.20. The Morgan fingerprint density at radius 3 is 2.85 bits per heavy atom. The van der Waals surface area contributed by atoms with Crippen LogP contribution in [0.3, 0.4) is 0 Å². The molecule has 0 bridgehead atoms. The number of amides is 1. The number of hydrogen-bond acceptors (Lipinski definition) is 3. The summed E-state index contributed by atoms with van der Waals surface area (Å²) < 4.78 is 1.59. The van der Waals surface area contributed by atoms with Crippen LogP contribution in [0.15, 0.2) is 30.5 Å². The molecule has 0 spiro atoms. The molecule has 20 heavy (non-hydrogen) atoms. The summed E-state index contributed by atoms with van der Waals surface area (Å²) in [6.07, 6.45) is 1.50. The van der Waals surface area contributed by atoms with E-state index < -0.39 is 0 Å². The molecule has 5 heteroatoms. The van der Waals surface area contributed by atoms with Crippen LogP contribution >= 0.6 is 0 Å². The van der Waals surface area contributed by atoms with Crippen molar-refractivity contribution in [2.45, 2.75) is 33.2 Å². The molecule has 0 radical (unpaired) electrons. The summed E-state index contributed by atoms with van der Waals surface area (Å²) in [7, 11) is 0. The smallest absolute Gasteiger partial charge is 0.276 e. The third kappa shape index (κ3) is 2.82. The summed E-state index contributed by atoms with van der Waals surface area (Å²) in [5, 5.41) is 6.95. The normalized spacial score (nSPS) is 10.8. The predicted molar refractivity (Wildman–Crippen MR) is 80.8 cm³/mol. The van der Waals surface area contributed by atoms with Gasteiger partial charge in [-0.1, -0.05) is 26.0 Å². The average molecular weight is 272 g/mol. The number of nitrogens with two attached hydrogens (primary N) is 1. The van der Waals surface area contributed by atoms with Crippen LogP contribution in [0.1, 0.15) is 42.7 Å². The molecule has 1 heterocycles. The zero-order valence-corrected chi connectivity index (χ0v) is 12.1. The minimum Gasteiger partial charge on any atom is -0.396 e. The minimum atomic E-state index is -0.234. The number of anilines is 2. The Labute approximate surface area is 118 Å². The third-order valence-electron chi connectivity index (χ3n) is 3.19. The molecular formula is C15H20N4O. The molecule has 0 saturated heterocycles. The number of hydrogen-bond donors (Lipinski definition) is 2. The van der Waals surface area contributed by atoms with Crippen molar-refractivity contribution in [3.8, 4) is 0 Å². The summed E-state index contributed by atoms with van der Waals surface area (Å²) >= 11 is 0. The molecule has 106 valence electrons. The van der Waals surface area contributed by atoms with E-state index in [0.717, 1.165) is 5.69 Å². The van der Waals surface area contributed by atoms with Crippen molar-refractivity contribution < 1.29 is 4.79 Å². The van der Waals surface area contributed by atoms with Crippen molar-refractivity contribution in [1.82, 2.24) is 9.78 Å². The topological polar surface area (TPSA) is 72.9 Å². The quantitative estimate of drug-likeness (QED) is 0.898. The van der Waals surface area contributed by atoms with Crippen LogP contribution in [0, 0.1) is 0 Å². The summed E-state index contributed by atoms with van der Waals surface area (Å²) in [4.78, 5) is 12.3. The fourth-order valence-electron chi connectivity index (χ4n) is 2.05. The standard InChI is InChI=1S/C15H20N4O/c1-4-19-14(13(16)9-17-19)15(20)18-12-7-5-6-11(8-12)10(2)3/h5-10H,4,16H2,1-3H3,(H,18,20). The molecule has 1 aromatic carbocycles. The number of benzene rings is 1. The SMILES string of the molecule is CCn1ncc(N)c1C(=O)Nc1cccc(C(C)C)c1. The van der Waals surface area contributed by atoms with Crippen LogP contribution in [0.2, 0.25) is 0 Å². The van der Waals surface area contributed by atoms with E-state index in [1.165, 1.54) is 11.8 Å². The molecule has 0 aliphatic carbocycles. The van der Waals surface area contributed by atoms with Gasteiger partial charge in [0.1, 0.15) is 5.69 Å². The summed E-state index contributed by atoms with van der Waals surface area (Å²) in [5.41, 5.74) is 8.55. The Morgan fingerprint density at radius 2 is 2.20 bits per heavy atom. The first-order valence-electron chi connectivity index (χ1n) is 6.75. The van der Waals surface area contributed by atoms with Gasteiger partial charge in [-0.2, -0.15) is 5.10 Å². The summed E-state index contributed by atoms with van der Waals surface area (Å²) in [6, 6.07) is 7.83. The van der Waals surface area contributed by atoms with E-state index in [2.05, 4.69) is 24.3 Å². The van der Waals surface area contributed by atoms with Gasteiger partial charge in [0.05, 0.1) is 11.9 Å². The Kier molecular flexibility index (Phi) is 4.08. The zero-order chi connectivity index (χ0) is 14.7. The van der Waals surface area contributed by atoms with E-state index >= 15 is 0 Å². The van der Waals surface area contributed by atoms with Crippen molar-refractivity contribution in [3.05, 3.63) is 41.7 Å². The number of carbonyl (C=O) groups is 1. The zero-order valence-electron chi connectivity index (χ0n) is 12.1. The molecule has 1 amide bonds. The molecular weight excluding hydrogens is 252 g/mol. The molecule has 2 aromatic rings. The van der Waals surface area contributed by atoms with E-state index in [0.29, 0.717) is 23.8 Å². The monoisotopic (exact) mass is 272 g/mol. The maximum Gasteiger partial charge on any atom is 0.276 e. The van der Waals surface area contributed by atoms with E-state index in [1.54, 1.807) is 4.68 Å². The largest absolute Gasteiger partial charge is 0.396 e. The number of nitrogens with one attached hydrogen (secondary N) is 1. The first-order chi connectivity index (χ1) is 9.52. The van der Waals surface area contributed by atoms with E-state index in [4.69, 9.17) is 5.73 Å². The maximum atomic E-state index is 12.3. The highest BCUT2D eigenvalue weighted by atomic mass is 16.2. The van der Waals surface area contributed by atoms with Gasteiger partial charge in [0.15, 0.2) is 0 Å². The highest BCUT2D eigenvalue weighted by molar-refractivity contribution is 6.06. The van der Waals surface area contributed by atoms with Crippen LogP contribution in [0.4, 0.5) is 11.4 Å². The lowest BCUT2D eigenvalue weighted by molar-refractivity contribution is 0.101. The first kappa shape index (κ1) is 14.1. The van der Waals surface area contributed by atoms with Crippen molar-refractivity contribution in [3.63, 3.8) is 0 Å². The Morgan fingerprint density at radius 1 is 1.45 bits per heavy atom. The molecule has 5 nitrogen and oxygen atoms in total. The maximum absolute atomic E-state index is 12.3. The van der Waals surface area contributed by atoms with E-state index in [1.807, 2.05) is 31.2 Å².